The second-order valence-electron chi connectivity index (χ2n) is 11.9. The van der Waals surface area contributed by atoms with Crippen LogP contribution >= 0.6 is 23.2 Å². The number of benzene rings is 1. The molecule has 2 aliphatic rings. The third-order valence-electron chi connectivity index (χ3n) is 8.03. The molecule has 38 heavy (non-hydrogen) atoms. The molecular formula is C28H36Cl2N3O4Si. The van der Waals surface area contributed by atoms with Crippen molar-refractivity contribution in [2.75, 3.05) is 6.61 Å². The first-order valence-electron chi connectivity index (χ1n) is 13.0. The average Bonchev–Trinajstić information content (AvgIpc) is 3.43. The summed E-state index contributed by atoms with van der Waals surface area (Å²) >= 11 is 12.7. The molecule has 0 aliphatic carbocycles. The van der Waals surface area contributed by atoms with Crippen LogP contribution in [0.2, 0.25) is 28.3 Å². The summed E-state index contributed by atoms with van der Waals surface area (Å²) in [5.41, 5.74) is 2.18. The molecule has 0 bridgehead atoms. The van der Waals surface area contributed by atoms with Gasteiger partial charge in [-0.05, 0) is 55.1 Å². The number of rotatable bonds is 8. The van der Waals surface area contributed by atoms with Gasteiger partial charge in [-0.15, -0.1) is 0 Å². The Balaban J connectivity index is 1.44. The van der Waals surface area contributed by atoms with E-state index in [2.05, 4.69) is 49.9 Å². The third-order valence-corrected chi connectivity index (χ3v) is 11.4. The Morgan fingerprint density at radius 2 is 1.87 bits per heavy atom. The summed E-state index contributed by atoms with van der Waals surface area (Å²) in [6, 6.07) is 7.88. The Kier molecular flexibility index (Phi) is 7.48. The molecule has 0 amide bonds. The lowest BCUT2D eigenvalue weighted by Crippen LogP contribution is -2.44. The molecule has 5 rings (SSSR count). The zero-order valence-electron chi connectivity index (χ0n) is 23.0. The lowest BCUT2D eigenvalue weighted by Gasteiger charge is -2.30. The number of nitrogens with zero attached hydrogens (tertiary/aromatic N) is 3. The Hall–Kier alpha value is -1.52. The molecule has 0 unspecified atom stereocenters. The van der Waals surface area contributed by atoms with Crippen LogP contribution in [0.1, 0.15) is 52.0 Å². The lowest BCUT2D eigenvalue weighted by atomic mass is 9.89. The molecule has 4 heterocycles. The number of fused-ring (bicyclic) bond motifs is 2. The van der Waals surface area contributed by atoms with E-state index in [-0.39, 0.29) is 17.2 Å². The van der Waals surface area contributed by atoms with Gasteiger partial charge in [-0.3, -0.25) is 0 Å². The summed E-state index contributed by atoms with van der Waals surface area (Å²) in [5.74, 6) is -0.757. The summed E-state index contributed by atoms with van der Waals surface area (Å²) in [6.07, 6.45) is 2.92. The second-order valence-corrected chi connectivity index (χ2v) is 16.0. The fourth-order valence-electron chi connectivity index (χ4n) is 5.30. The highest BCUT2D eigenvalue weighted by Crippen LogP contribution is 2.51. The van der Waals surface area contributed by atoms with Gasteiger partial charge in [-0.1, -0.05) is 56.2 Å². The van der Waals surface area contributed by atoms with Gasteiger partial charge in [0.1, 0.15) is 28.8 Å². The maximum atomic E-state index is 6.74. The number of hydrogen-bond acceptors (Lipinski definition) is 6. The van der Waals surface area contributed by atoms with Crippen LogP contribution in [0, 0.1) is 0 Å². The molecule has 0 saturated carbocycles. The quantitative estimate of drug-likeness (QED) is 0.216. The first-order chi connectivity index (χ1) is 17.8. The predicted octanol–water partition coefficient (Wildman–Crippen LogP) is 6.84. The van der Waals surface area contributed by atoms with E-state index in [1.54, 1.807) is 0 Å². The summed E-state index contributed by atoms with van der Waals surface area (Å²) in [5, 5.41) is 2.04. The van der Waals surface area contributed by atoms with E-state index in [9.17, 15) is 0 Å². The summed E-state index contributed by atoms with van der Waals surface area (Å²) < 4.78 is 27.9. The average molecular weight is 578 g/mol. The van der Waals surface area contributed by atoms with Crippen molar-refractivity contribution in [3.05, 3.63) is 58.1 Å². The monoisotopic (exact) mass is 576 g/mol. The molecule has 2 aromatic heterocycles. The normalized spacial score (nSPS) is 26.9. The summed E-state index contributed by atoms with van der Waals surface area (Å²) in [7, 11) is -0.496. The maximum absolute atomic E-state index is 6.74. The van der Waals surface area contributed by atoms with E-state index in [0.717, 1.165) is 16.5 Å². The molecule has 1 aromatic carbocycles. The van der Waals surface area contributed by atoms with Gasteiger partial charge < -0.3 is 23.5 Å². The largest absolute Gasteiger partial charge is 0.377 e. The Bertz CT molecular complexity index is 1330. The van der Waals surface area contributed by atoms with Gasteiger partial charge in [0.15, 0.2) is 12.0 Å². The van der Waals surface area contributed by atoms with Crippen molar-refractivity contribution in [1.82, 2.24) is 14.5 Å². The highest BCUT2D eigenvalue weighted by Gasteiger charge is 2.64. The first kappa shape index (κ1) is 28.0. The third kappa shape index (κ3) is 5.17. The van der Waals surface area contributed by atoms with Crippen molar-refractivity contribution in [2.45, 2.75) is 95.6 Å². The fourth-order valence-corrected chi connectivity index (χ4v) is 6.07. The lowest BCUT2D eigenvalue weighted by molar-refractivity contribution is -0.210. The number of aromatic nitrogens is 3. The second kappa shape index (κ2) is 10.1. The molecule has 0 N–H and O–H groups in total. The minimum absolute atomic E-state index is 0.179. The predicted molar refractivity (Wildman–Crippen MR) is 151 cm³/mol. The van der Waals surface area contributed by atoms with Crippen molar-refractivity contribution < 1.29 is 18.9 Å². The zero-order valence-corrected chi connectivity index (χ0v) is 25.6. The molecule has 7 nitrogen and oxygen atoms in total. The van der Waals surface area contributed by atoms with E-state index in [0.29, 0.717) is 35.5 Å². The number of hydrogen-bond donors (Lipinski definition) is 0. The van der Waals surface area contributed by atoms with Crippen LogP contribution in [-0.2, 0) is 32.0 Å². The highest BCUT2D eigenvalue weighted by atomic mass is 35.5. The molecule has 2 fully saturated rings. The van der Waals surface area contributed by atoms with Crippen molar-refractivity contribution in [2.24, 2.45) is 0 Å². The van der Waals surface area contributed by atoms with E-state index in [1.165, 1.54) is 6.33 Å². The van der Waals surface area contributed by atoms with Crippen LogP contribution in [0.5, 0.6) is 0 Å². The van der Waals surface area contributed by atoms with E-state index in [1.807, 2.05) is 42.8 Å². The van der Waals surface area contributed by atoms with Gasteiger partial charge in [-0.2, -0.15) is 0 Å². The van der Waals surface area contributed by atoms with Crippen LogP contribution < -0.4 is 0 Å². The summed E-state index contributed by atoms with van der Waals surface area (Å²) in [6.45, 7) is 16.3. The Labute approximate surface area is 236 Å². The molecular weight excluding hydrogens is 541 g/mol. The van der Waals surface area contributed by atoms with Crippen molar-refractivity contribution in [1.29, 1.82) is 0 Å². The molecule has 2 saturated heterocycles. The minimum Gasteiger partial charge on any atom is -0.377 e. The van der Waals surface area contributed by atoms with Gasteiger partial charge in [-0.25, -0.2) is 9.97 Å². The van der Waals surface area contributed by atoms with Gasteiger partial charge >= 0.3 is 0 Å². The minimum atomic E-state index is -0.757. The van der Waals surface area contributed by atoms with Crippen molar-refractivity contribution in [3.8, 4) is 0 Å². The van der Waals surface area contributed by atoms with Gasteiger partial charge in [0.05, 0.1) is 26.9 Å². The van der Waals surface area contributed by atoms with Gasteiger partial charge in [0.2, 0.25) is 0 Å². The number of halogens is 2. The van der Waals surface area contributed by atoms with Crippen LogP contribution in [0.3, 0.4) is 0 Å². The zero-order chi connectivity index (χ0) is 27.5. The van der Waals surface area contributed by atoms with Crippen LogP contribution in [0.25, 0.3) is 11.0 Å². The van der Waals surface area contributed by atoms with E-state index >= 15 is 0 Å². The van der Waals surface area contributed by atoms with Gasteiger partial charge in [0.25, 0.3) is 0 Å². The molecule has 2 aliphatic heterocycles. The van der Waals surface area contributed by atoms with Crippen LogP contribution in [-0.4, -0.2) is 53.5 Å². The SMILES string of the molecule is C[Si](C)C(C)(C)COCc1cc(Cl)ccc1C[C@H]1O[C@@H](n2ccc3c(Cl)ncnc32)[C@@H]2OC(C)(C)O[C@]12C. The van der Waals surface area contributed by atoms with Gasteiger partial charge in [0, 0.05) is 24.2 Å². The molecule has 205 valence electrons. The topological polar surface area (TPSA) is 67.6 Å². The maximum Gasteiger partial charge on any atom is 0.165 e. The molecule has 3 aromatic rings. The Morgan fingerprint density at radius 1 is 1.11 bits per heavy atom. The highest BCUT2D eigenvalue weighted by molar-refractivity contribution is 6.59. The molecule has 1 radical (unpaired) electrons. The van der Waals surface area contributed by atoms with E-state index < -0.39 is 26.4 Å². The van der Waals surface area contributed by atoms with Crippen LogP contribution in [0.15, 0.2) is 36.8 Å². The first-order valence-corrected chi connectivity index (χ1v) is 16.2. The van der Waals surface area contributed by atoms with Crippen molar-refractivity contribution >= 4 is 43.0 Å². The van der Waals surface area contributed by atoms with Crippen molar-refractivity contribution in [3.63, 3.8) is 0 Å². The molecule has 0 spiro atoms. The summed E-state index contributed by atoms with van der Waals surface area (Å²) in [4.78, 5) is 8.59. The van der Waals surface area contributed by atoms with Crippen LogP contribution in [0.4, 0.5) is 0 Å². The number of ether oxygens (including phenoxy) is 4. The smallest absolute Gasteiger partial charge is 0.165 e. The standard InChI is InChI=1S/C28H36Cl2N3O4Si/c1-26(2,38(6)7)15-34-14-18-12-19(29)9-8-17(18)13-21-28(5)22(36-27(3,4)37-28)25(35-21)33-11-10-20-23(30)31-16-32-24(20)33/h8-12,16,21-22,25H,13-15H2,1-7H3/t21-,22+,25-,28-/m1/s1. The van der Waals surface area contributed by atoms with E-state index in [4.69, 9.17) is 42.1 Å². The molecule has 10 heteroatoms. The fraction of sp³-hybridized carbons (Fsp3) is 0.571. The Morgan fingerprint density at radius 3 is 2.61 bits per heavy atom. The molecule has 4 atom stereocenters.